The zero-order valence-corrected chi connectivity index (χ0v) is 18.1. The molecule has 1 atom stereocenters. The zero-order chi connectivity index (χ0) is 24.0. The molecule has 0 aliphatic heterocycles. The molecule has 3 aromatic rings. The molecule has 0 radical (unpaired) electrons. The van der Waals surface area contributed by atoms with Gasteiger partial charge in [-0.25, -0.2) is 14.0 Å². The molecule has 7 nitrogen and oxygen atoms in total. The monoisotopic (exact) mass is 449 g/mol. The van der Waals surface area contributed by atoms with E-state index in [2.05, 4.69) is 16.0 Å². The van der Waals surface area contributed by atoms with E-state index in [4.69, 9.17) is 0 Å². The lowest BCUT2D eigenvalue weighted by Crippen LogP contribution is -2.44. The van der Waals surface area contributed by atoms with Crippen LogP contribution in [0, 0.1) is 11.7 Å². The van der Waals surface area contributed by atoms with Crippen LogP contribution in [-0.4, -0.2) is 29.1 Å². The number of carboxylic acid groups (broad SMARTS) is 1. The lowest BCUT2D eigenvalue weighted by atomic mass is 10.0. The van der Waals surface area contributed by atoms with Crippen LogP contribution >= 0.6 is 0 Å². The molecule has 33 heavy (non-hydrogen) atoms. The van der Waals surface area contributed by atoms with E-state index in [-0.39, 0.29) is 11.6 Å². The fourth-order valence-corrected chi connectivity index (χ4v) is 3.15. The van der Waals surface area contributed by atoms with Crippen LogP contribution in [0.15, 0.2) is 72.8 Å². The highest BCUT2D eigenvalue weighted by molar-refractivity contribution is 6.00. The summed E-state index contributed by atoms with van der Waals surface area (Å²) in [6.45, 7) is 3.45. The molecule has 3 rings (SSSR count). The van der Waals surface area contributed by atoms with Crippen LogP contribution in [0.5, 0.6) is 0 Å². The van der Waals surface area contributed by atoms with Gasteiger partial charge in [-0.05, 0) is 53.4 Å². The highest BCUT2D eigenvalue weighted by atomic mass is 19.1. The number of nitrogens with one attached hydrogen (secondary N) is 3. The van der Waals surface area contributed by atoms with Crippen LogP contribution in [0.3, 0.4) is 0 Å². The highest BCUT2D eigenvalue weighted by Gasteiger charge is 2.23. The predicted octanol–water partition coefficient (Wildman–Crippen LogP) is 4.98. The molecule has 0 heterocycles. The molecule has 0 spiro atoms. The van der Waals surface area contributed by atoms with E-state index in [9.17, 15) is 23.9 Å². The van der Waals surface area contributed by atoms with E-state index in [1.807, 2.05) is 0 Å². The standard InChI is InChI=1S/C25H24FN3O4/c1-15(2)22(24(31)32)29-23(30)18-9-7-16(8-10-18)17-11-13-19(14-12-17)27-25(33)28-21-6-4-3-5-20(21)26/h3-15,22H,1-2H3,(H,29,30)(H,31,32)(H2,27,28,33)/t22-/m1/s1. The third-order valence-corrected chi connectivity index (χ3v) is 4.96. The number of para-hydroxylation sites is 1. The largest absolute Gasteiger partial charge is 0.480 e. The van der Waals surface area contributed by atoms with E-state index < -0.39 is 29.8 Å². The third kappa shape index (κ3) is 6.16. The van der Waals surface area contributed by atoms with Crippen molar-refractivity contribution in [2.24, 2.45) is 5.92 Å². The van der Waals surface area contributed by atoms with E-state index >= 15 is 0 Å². The minimum atomic E-state index is -1.08. The normalized spacial score (nSPS) is 11.5. The number of halogens is 1. The Bertz CT molecular complexity index is 1150. The van der Waals surface area contributed by atoms with Gasteiger partial charge >= 0.3 is 12.0 Å². The molecule has 0 unspecified atom stereocenters. The second kappa shape index (κ2) is 10.4. The van der Waals surface area contributed by atoms with Gasteiger partial charge in [0.15, 0.2) is 0 Å². The summed E-state index contributed by atoms with van der Waals surface area (Å²) in [5, 5.41) is 16.9. The fraction of sp³-hybridized carbons (Fsp3) is 0.160. The van der Waals surface area contributed by atoms with E-state index in [1.54, 1.807) is 68.4 Å². The Kier molecular flexibility index (Phi) is 7.40. The number of hydrogen-bond donors (Lipinski definition) is 4. The number of carboxylic acids is 1. The molecule has 0 saturated carbocycles. The summed E-state index contributed by atoms with van der Waals surface area (Å²) in [5.74, 6) is -2.30. The SMILES string of the molecule is CC(C)[C@@H](NC(=O)c1ccc(-c2ccc(NC(=O)Nc3ccccc3F)cc2)cc1)C(=O)O. The van der Waals surface area contributed by atoms with Crippen molar-refractivity contribution in [3.8, 4) is 11.1 Å². The summed E-state index contributed by atoms with van der Waals surface area (Å²) >= 11 is 0. The van der Waals surface area contributed by atoms with Crippen molar-refractivity contribution in [3.63, 3.8) is 0 Å². The third-order valence-electron chi connectivity index (χ3n) is 4.96. The Morgan fingerprint density at radius 2 is 1.39 bits per heavy atom. The van der Waals surface area contributed by atoms with Gasteiger partial charge in [-0.2, -0.15) is 0 Å². The molecule has 0 aliphatic rings. The van der Waals surface area contributed by atoms with Gasteiger partial charge in [0, 0.05) is 11.3 Å². The van der Waals surface area contributed by atoms with E-state index in [0.29, 0.717) is 11.3 Å². The minimum Gasteiger partial charge on any atom is -0.480 e. The van der Waals surface area contributed by atoms with Crippen LogP contribution in [0.25, 0.3) is 11.1 Å². The average molecular weight is 449 g/mol. The summed E-state index contributed by atoms with van der Waals surface area (Å²) in [4.78, 5) is 35.7. The van der Waals surface area contributed by atoms with Crippen molar-refractivity contribution in [1.29, 1.82) is 0 Å². The van der Waals surface area contributed by atoms with Crippen molar-refractivity contribution in [3.05, 3.63) is 84.2 Å². The molecule has 170 valence electrons. The van der Waals surface area contributed by atoms with Crippen LogP contribution < -0.4 is 16.0 Å². The van der Waals surface area contributed by atoms with E-state index in [0.717, 1.165) is 11.1 Å². The smallest absolute Gasteiger partial charge is 0.326 e. The number of urea groups is 1. The van der Waals surface area contributed by atoms with Gasteiger partial charge in [0.05, 0.1) is 5.69 Å². The fourth-order valence-electron chi connectivity index (χ4n) is 3.15. The summed E-state index contributed by atoms with van der Waals surface area (Å²) in [5.41, 5.74) is 2.66. The number of carbonyl (C=O) groups excluding carboxylic acids is 2. The van der Waals surface area contributed by atoms with Crippen molar-refractivity contribution in [1.82, 2.24) is 5.32 Å². The van der Waals surface area contributed by atoms with Gasteiger partial charge < -0.3 is 21.1 Å². The molecule has 0 aromatic heterocycles. The van der Waals surface area contributed by atoms with Crippen LogP contribution in [0.4, 0.5) is 20.6 Å². The first-order valence-corrected chi connectivity index (χ1v) is 10.3. The quantitative estimate of drug-likeness (QED) is 0.408. The Labute approximate surface area is 190 Å². The highest BCUT2D eigenvalue weighted by Crippen LogP contribution is 2.22. The predicted molar refractivity (Wildman–Crippen MR) is 125 cm³/mol. The van der Waals surface area contributed by atoms with Gasteiger partial charge in [0.2, 0.25) is 0 Å². The van der Waals surface area contributed by atoms with Gasteiger partial charge in [0.1, 0.15) is 11.9 Å². The van der Waals surface area contributed by atoms with Gasteiger partial charge in [-0.15, -0.1) is 0 Å². The zero-order valence-electron chi connectivity index (χ0n) is 18.1. The topological polar surface area (TPSA) is 108 Å². The number of benzene rings is 3. The number of carbonyl (C=O) groups is 3. The lowest BCUT2D eigenvalue weighted by molar-refractivity contribution is -0.140. The minimum absolute atomic E-state index is 0.0822. The van der Waals surface area contributed by atoms with Crippen LogP contribution in [-0.2, 0) is 4.79 Å². The summed E-state index contributed by atoms with van der Waals surface area (Å²) in [7, 11) is 0. The number of amides is 3. The molecule has 0 aliphatic carbocycles. The first-order chi connectivity index (χ1) is 15.7. The Morgan fingerprint density at radius 1 is 0.818 bits per heavy atom. The van der Waals surface area contributed by atoms with Crippen LogP contribution in [0.1, 0.15) is 24.2 Å². The second-order valence-electron chi connectivity index (χ2n) is 7.75. The Morgan fingerprint density at radius 3 is 1.94 bits per heavy atom. The molecule has 4 N–H and O–H groups in total. The number of aliphatic carboxylic acids is 1. The summed E-state index contributed by atoms with van der Waals surface area (Å²) in [6, 6.07) is 18.1. The molecular formula is C25H24FN3O4. The van der Waals surface area contributed by atoms with Crippen molar-refractivity contribution >= 4 is 29.3 Å². The first kappa shape index (κ1) is 23.5. The molecule has 3 amide bonds. The van der Waals surface area contributed by atoms with Crippen LogP contribution in [0.2, 0.25) is 0 Å². The number of hydrogen-bond acceptors (Lipinski definition) is 3. The molecule has 0 saturated heterocycles. The molecule has 3 aromatic carbocycles. The van der Waals surface area contributed by atoms with Crippen molar-refractivity contribution in [2.75, 3.05) is 10.6 Å². The first-order valence-electron chi connectivity index (χ1n) is 10.3. The summed E-state index contributed by atoms with van der Waals surface area (Å²) in [6.07, 6.45) is 0. The maximum Gasteiger partial charge on any atom is 0.326 e. The van der Waals surface area contributed by atoms with E-state index in [1.165, 1.54) is 18.2 Å². The number of rotatable bonds is 7. The summed E-state index contributed by atoms with van der Waals surface area (Å²) < 4.78 is 13.6. The maximum atomic E-state index is 13.6. The van der Waals surface area contributed by atoms with Crippen molar-refractivity contribution in [2.45, 2.75) is 19.9 Å². The number of anilines is 2. The Balaban J connectivity index is 1.62. The van der Waals surface area contributed by atoms with Gasteiger partial charge in [-0.3, -0.25) is 4.79 Å². The van der Waals surface area contributed by atoms with Gasteiger partial charge in [0.25, 0.3) is 5.91 Å². The molecule has 8 heteroatoms. The average Bonchev–Trinajstić information content (AvgIpc) is 2.79. The second-order valence-corrected chi connectivity index (χ2v) is 7.75. The van der Waals surface area contributed by atoms with Gasteiger partial charge in [-0.1, -0.05) is 50.2 Å². The molecule has 0 bridgehead atoms. The van der Waals surface area contributed by atoms with Crippen molar-refractivity contribution < 1.29 is 23.9 Å². The molecule has 0 fully saturated rings. The lowest BCUT2D eigenvalue weighted by Gasteiger charge is -2.18. The molecular weight excluding hydrogens is 425 g/mol. The Hall–Kier alpha value is -4.20. The maximum absolute atomic E-state index is 13.6.